The van der Waals surface area contributed by atoms with Gasteiger partial charge in [-0.05, 0) is 26.8 Å². The Kier molecular flexibility index (Phi) is 6.43. The highest BCUT2D eigenvalue weighted by Gasteiger charge is 2.19. The van der Waals surface area contributed by atoms with Crippen molar-refractivity contribution in [2.24, 2.45) is 0 Å². The minimum atomic E-state index is -1.83. The van der Waals surface area contributed by atoms with Gasteiger partial charge in [-0.3, -0.25) is 4.79 Å². The third kappa shape index (κ3) is 8.58. The first-order chi connectivity index (χ1) is 6.12. The van der Waals surface area contributed by atoms with E-state index in [0.29, 0.717) is 0 Å². The van der Waals surface area contributed by atoms with Gasteiger partial charge in [0, 0.05) is 12.6 Å². The van der Waals surface area contributed by atoms with Crippen molar-refractivity contribution in [1.29, 1.82) is 0 Å². The summed E-state index contributed by atoms with van der Waals surface area (Å²) in [6.45, 7) is 9.35. The molecule has 2 N–H and O–H groups in total. The zero-order chi connectivity index (χ0) is 11.9. The molecule has 0 aliphatic heterocycles. The van der Waals surface area contributed by atoms with Crippen LogP contribution in [-0.4, -0.2) is 39.8 Å². The molecule has 14 heavy (non-hydrogen) atoms. The minimum absolute atomic E-state index is 0.0347. The molecule has 0 heterocycles. The summed E-state index contributed by atoms with van der Waals surface area (Å²) in [5.41, 5.74) is -0.106. The van der Waals surface area contributed by atoms with Gasteiger partial charge in [-0.1, -0.05) is 6.58 Å². The summed E-state index contributed by atoms with van der Waals surface area (Å²) in [7, 11) is 1.77. The van der Waals surface area contributed by atoms with Crippen molar-refractivity contribution >= 4 is 12.1 Å². The van der Waals surface area contributed by atoms with Gasteiger partial charge in [0.05, 0.1) is 0 Å². The van der Waals surface area contributed by atoms with E-state index < -0.39 is 6.16 Å². The predicted molar refractivity (Wildman–Crippen MR) is 53.4 cm³/mol. The lowest BCUT2D eigenvalue weighted by atomic mass is 10.1. The van der Waals surface area contributed by atoms with Gasteiger partial charge < -0.3 is 15.1 Å². The largest absolute Gasteiger partial charge is 0.503 e. The Hall–Kier alpha value is -1.52. The van der Waals surface area contributed by atoms with E-state index in [2.05, 4.69) is 6.58 Å². The summed E-state index contributed by atoms with van der Waals surface area (Å²) in [5.74, 6) is -0.0347. The van der Waals surface area contributed by atoms with Crippen LogP contribution in [0, 0.1) is 0 Å². The molecule has 0 aromatic heterocycles. The second-order valence-corrected chi connectivity index (χ2v) is 3.55. The normalized spacial score (nSPS) is 9.43. The third-order valence-electron chi connectivity index (χ3n) is 1.51. The molecule has 0 radical (unpaired) electrons. The summed E-state index contributed by atoms with van der Waals surface area (Å²) < 4.78 is 0. The molecule has 0 aliphatic carbocycles. The van der Waals surface area contributed by atoms with Crippen LogP contribution >= 0.6 is 0 Å². The summed E-state index contributed by atoms with van der Waals surface area (Å²) in [4.78, 5) is 21.2. The van der Waals surface area contributed by atoms with Gasteiger partial charge in [0.25, 0.3) is 0 Å². The maximum absolute atomic E-state index is 11.0. The first-order valence-electron chi connectivity index (χ1n) is 3.95. The zero-order valence-corrected chi connectivity index (χ0v) is 8.94. The Morgan fingerprint density at radius 1 is 1.29 bits per heavy atom. The van der Waals surface area contributed by atoms with E-state index in [1.165, 1.54) is 6.08 Å². The lowest BCUT2D eigenvalue weighted by Gasteiger charge is -2.30. The molecule has 0 atom stereocenters. The molecule has 0 saturated carbocycles. The topological polar surface area (TPSA) is 77.8 Å². The highest BCUT2D eigenvalue weighted by atomic mass is 16.6. The van der Waals surface area contributed by atoms with E-state index in [-0.39, 0.29) is 11.4 Å². The highest BCUT2D eigenvalue weighted by molar-refractivity contribution is 5.87. The number of carbonyl (C=O) groups is 2. The maximum Gasteiger partial charge on any atom is 0.503 e. The van der Waals surface area contributed by atoms with E-state index >= 15 is 0 Å². The number of carbonyl (C=O) groups excluding carboxylic acids is 1. The molecular weight excluding hydrogens is 186 g/mol. The fourth-order valence-electron chi connectivity index (χ4n) is 0.468. The van der Waals surface area contributed by atoms with Crippen molar-refractivity contribution in [3.63, 3.8) is 0 Å². The molecule has 0 unspecified atom stereocenters. The summed E-state index contributed by atoms with van der Waals surface area (Å²) >= 11 is 0. The lowest BCUT2D eigenvalue weighted by Crippen LogP contribution is -2.41. The van der Waals surface area contributed by atoms with Gasteiger partial charge >= 0.3 is 6.16 Å². The molecule has 0 fully saturated rings. The average molecular weight is 203 g/mol. The molecule has 0 saturated heterocycles. The van der Waals surface area contributed by atoms with Crippen molar-refractivity contribution in [1.82, 2.24) is 4.90 Å². The second kappa shape index (κ2) is 6.01. The fraction of sp³-hybridized carbons (Fsp3) is 0.556. The molecule has 1 amide bonds. The number of likely N-dealkylation sites (N-methyl/N-ethyl adjacent to an activating group) is 1. The van der Waals surface area contributed by atoms with Gasteiger partial charge in [-0.25, -0.2) is 4.79 Å². The number of amides is 1. The molecule has 0 bridgehead atoms. The van der Waals surface area contributed by atoms with Gasteiger partial charge in [0.2, 0.25) is 5.91 Å². The van der Waals surface area contributed by atoms with Crippen LogP contribution in [0.3, 0.4) is 0 Å². The summed E-state index contributed by atoms with van der Waals surface area (Å²) in [6, 6.07) is 0. The summed E-state index contributed by atoms with van der Waals surface area (Å²) in [5, 5.41) is 13.9. The standard InChI is InChI=1S/C8H15NO.CH2O3/c1-6-7(10)9(5)8(2,3)4;2-1(3)4/h6H,1H2,2-5H3;(H2,2,3,4). The molecular formula is C9H17NO4. The highest BCUT2D eigenvalue weighted by Crippen LogP contribution is 2.09. The van der Waals surface area contributed by atoms with Crippen LogP contribution in [0.2, 0.25) is 0 Å². The number of rotatable bonds is 1. The number of carboxylic acid groups (broad SMARTS) is 2. The quantitative estimate of drug-likeness (QED) is 0.635. The monoisotopic (exact) mass is 203 g/mol. The van der Waals surface area contributed by atoms with Crippen LogP contribution in [0.1, 0.15) is 20.8 Å². The van der Waals surface area contributed by atoms with Crippen LogP contribution in [0.5, 0.6) is 0 Å². The first-order valence-corrected chi connectivity index (χ1v) is 3.95. The van der Waals surface area contributed by atoms with Crippen molar-refractivity contribution in [3.8, 4) is 0 Å². The van der Waals surface area contributed by atoms with Crippen LogP contribution in [0.4, 0.5) is 4.79 Å². The molecule has 5 heteroatoms. The maximum atomic E-state index is 11.0. The molecule has 5 nitrogen and oxygen atoms in total. The fourth-order valence-corrected chi connectivity index (χ4v) is 0.468. The Bertz CT molecular complexity index is 213. The Morgan fingerprint density at radius 2 is 1.57 bits per heavy atom. The van der Waals surface area contributed by atoms with Crippen LogP contribution in [0.15, 0.2) is 12.7 Å². The van der Waals surface area contributed by atoms with Gasteiger partial charge in [-0.15, -0.1) is 0 Å². The molecule has 0 aliphatic rings. The first kappa shape index (κ1) is 15.0. The zero-order valence-electron chi connectivity index (χ0n) is 8.94. The number of hydrogen-bond acceptors (Lipinski definition) is 2. The van der Waals surface area contributed by atoms with E-state index in [1.54, 1.807) is 11.9 Å². The van der Waals surface area contributed by atoms with E-state index in [9.17, 15) is 4.79 Å². The second-order valence-electron chi connectivity index (χ2n) is 3.55. The summed E-state index contributed by atoms with van der Waals surface area (Å²) in [6.07, 6.45) is -0.509. The minimum Gasteiger partial charge on any atom is -0.450 e. The molecule has 0 aromatic rings. The Balaban J connectivity index is 0. The van der Waals surface area contributed by atoms with Crippen molar-refractivity contribution in [3.05, 3.63) is 12.7 Å². The van der Waals surface area contributed by atoms with Crippen LogP contribution in [0.25, 0.3) is 0 Å². The lowest BCUT2D eigenvalue weighted by molar-refractivity contribution is -0.128. The van der Waals surface area contributed by atoms with Gasteiger partial charge in [0.15, 0.2) is 0 Å². The van der Waals surface area contributed by atoms with E-state index in [4.69, 9.17) is 15.0 Å². The van der Waals surface area contributed by atoms with Crippen LogP contribution in [-0.2, 0) is 4.79 Å². The van der Waals surface area contributed by atoms with Crippen molar-refractivity contribution in [2.75, 3.05) is 7.05 Å². The van der Waals surface area contributed by atoms with E-state index in [1.807, 2.05) is 20.8 Å². The Labute approximate surface area is 83.6 Å². The van der Waals surface area contributed by atoms with E-state index in [0.717, 1.165) is 0 Å². The number of nitrogens with zero attached hydrogens (tertiary/aromatic N) is 1. The van der Waals surface area contributed by atoms with Crippen molar-refractivity contribution in [2.45, 2.75) is 26.3 Å². The van der Waals surface area contributed by atoms with Crippen molar-refractivity contribution < 1.29 is 19.8 Å². The predicted octanol–water partition coefficient (Wildman–Crippen LogP) is 1.65. The smallest absolute Gasteiger partial charge is 0.450 e. The molecule has 0 rings (SSSR count). The van der Waals surface area contributed by atoms with Gasteiger partial charge in [0.1, 0.15) is 0 Å². The molecule has 0 spiro atoms. The van der Waals surface area contributed by atoms with Crippen LogP contribution < -0.4 is 0 Å². The Morgan fingerprint density at radius 3 is 1.64 bits per heavy atom. The van der Waals surface area contributed by atoms with Gasteiger partial charge in [-0.2, -0.15) is 0 Å². The third-order valence-corrected chi connectivity index (χ3v) is 1.51. The average Bonchev–Trinajstić information content (AvgIpc) is 1.99. The molecule has 82 valence electrons. The SMILES string of the molecule is C=CC(=O)N(C)C(C)(C)C.O=C(O)O. The molecule has 0 aromatic carbocycles. The number of hydrogen-bond donors (Lipinski definition) is 2.